The number of nitrogens with one attached hydrogen (secondary N) is 1. The highest BCUT2D eigenvalue weighted by Gasteiger charge is 2.27. The molecule has 1 heterocycles. The first-order valence-electron chi connectivity index (χ1n) is 7.07. The number of hydrogen-bond acceptors (Lipinski definition) is 3. The molecule has 0 bridgehead atoms. The molecule has 2 unspecified atom stereocenters. The molecule has 1 saturated heterocycles. The van der Waals surface area contributed by atoms with Crippen LogP contribution in [-0.4, -0.2) is 26.4 Å². The van der Waals surface area contributed by atoms with Crippen molar-refractivity contribution in [2.24, 2.45) is 5.92 Å². The lowest BCUT2D eigenvalue weighted by atomic mass is 9.88. The van der Waals surface area contributed by atoms with Crippen molar-refractivity contribution in [3.63, 3.8) is 0 Å². The van der Waals surface area contributed by atoms with Crippen molar-refractivity contribution in [1.82, 2.24) is 5.32 Å². The Kier molecular flexibility index (Phi) is 5.73. The smallest absolute Gasteiger partial charge is 0.387 e. The van der Waals surface area contributed by atoms with Crippen LogP contribution in [0.15, 0.2) is 24.3 Å². The first-order chi connectivity index (χ1) is 9.72. The second-order valence-corrected chi connectivity index (χ2v) is 4.93. The number of halogens is 2. The summed E-state index contributed by atoms with van der Waals surface area (Å²) in [6.45, 7) is 1.41. The van der Waals surface area contributed by atoms with E-state index in [-0.39, 0.29) is 17.7 Å². The minimum absolute atomic E-state index is 0.0183. The number of benzene rings is 1. The highest BCUT2D eigenvalue weighted by atomic mass is 19.3. The molecule has 3 nitrogen and oxygen atoms in total. The molecule has 1 aliphatic heterocycles. The number of para-hydroxylation sites is 1. The standard InChI is InChI=1S/C15H21F2NO2/c1-2-18-14(11-6-5-9-19-10-11)12-7-3-4-8-13(12)20-15(16)17/h3-4,7-8,11,14-15,18H,2,5-6,9-10H2,1H3. The van der Waals surface area contributed by atoms with Crippen molar-refractivity contribution in [3.8, 4) is 5.75 Å². The maximum absolute atomic E-state index is 12.5. The predicted octanol–water partition coefficient (Wildman–Crippen LogP) is 3.37. The Morgan fingerprint density at radius 2 is 2.20 bits per heavy atom. The van der Waals surface area contributed by atoms with E-state index in [1.807, 2.05) is 19.1 Å². The van der Waals surface area contributed by atoms with E-state index in [1.54, 1.807) is 12.1 Å². The van der Waals surface area contributed by atoms with Crippen LogP contribution in [0.1, 0.15) is 31.4 Å². The van der Waals surface area contributed by atoms with Gasteiger partial charge in [-0.25, -0.2) is 0 Å². The molecular weight excluding hydrogens is 264 g/mol. The van der Waals surface area contributed by atoms with Crippen LogP contribution in [0.2, 0.25) is 0 Å². The third-order valence-electron chi connectivity index (χ3n) is 3.56. The molecule has 0 spiro atoms. The fraction of sp³-hybridized carbons (Fsp3) is 0.600. The predicted molar refractivity (Wildman–Crippen MR) is 73.0 cm³/mol. The van der Waals surface area contributed by atoms with Gasteiger partial charge in [0, 0.05) is 24.1 Å². The van der Waals surface area contributed by atoms with Crippen LogP contribution in [0.5, 0.6) is 5.75 Å². The number of rotatable bonds is 6. The average Bonchev–Trinajstić information content (AvgIpc) is 2.46. The zero-order chi connectivity index (χ0) is 14.4. The lowest BCUT2D eigenvalue weighted by molar-refractivity contribution is -0.0512. The first-order valence-corrected chi connectivity index (χ1v) is 7.07. The van der Waals surface area contributed by atoms with E-state index in [0.717, 1.165) is 31.6 Å². The third-order valence-corrected chi connectivity index (χ3v) is 3.56. The molecule has 0 saturated carbocycles. The summed E-state index contributed by atoms with van der Waals surface area (Å²) in [5.41, 5.74) is 0.783. The second kappa shape index (κ2) is 7.55. The molecule has 1 aromatic rings. The van der Waals surface area contributed by atoms with Gasteiger partial charge in [0.05, 0.1) is 6.61 Å². The molecule has 1 fully saturated rings. The molecule has 0 radical (unpaired) electrons. The Balaban J connectivity index is 2.23. The van der Waals surface area contributed by atoms with Crippen LogP contribution in [-0.2, 0) is 4.74 Å². The van der Waals surface area contributed by atoms with Crippen LogP contribution in [0.3, 0.4) is 0 Å². The van der Waals surface area contributed by atoms with Gasteiger partial charge in [0.1, 0.15) is 5.75 Å². The van der Waals surface area contributed by atoms with Crippen molar-refractivity contribution >= 4 is 0 Å². The maximum atomic E-state index is 12.5. The van der Waals surface area contributed by atoms with Crippen molar-refractivity contribution in [1.29, 1.82) is 0 Å². The highest BCUT2D eigenvalue weighted by Crippen LogP contribution is 2.34. The molecule has 1 aromatic carbocycles. The Morgan fingerprint density at radius 3 is 2.85 bits per heavy atom. The van der Waals surface area contributed by atoms with Gasteiger partial charge in [-0.05, 0) is 25.5 Å². The second-order valence-electron chi connectivity index (χ2n) is 4.93. The van der Waals surface area contributed by atoms with Gasteiger partial charge in [-0.1, -0.05) is 25.1 Å². The van der Waals surface area contributed by atoms with E-state index in [2.05, 4.69) is 10.1 Å². The van der Waals surface area contributed by atoms with Gasteiger partial charge in [-0.3, -0.25) is 0 Å². The topological polar surface area (TPSA) is 30.5 Å². The molecule has 5 heteroatoms. The largest absolute Gasteiger partial charge is 0.434 e. The summed E-state index contributed by atoms with van der Waals surface area (Å²) in [7, 11) is 0. The fourth-order valence-electron chi connectivity index (χ4n) is 2.72. The molecule has 1 aliphatic rings. The van der Waals surface area contributed by atoms with Crippen molar-refractivity contribution in [2.45, 2.75) is 32.4 Å². The Hall–Kier alpha value is -1.20. The Morgan fingerprint density at radius 1 is 1.40 bits per heavy atom. The molecule has 2 atom stereocenters. The Bertz CT molecular complexity index is 409. The number of alkyl halides is 2. The van der Waals surface area contributed by atoms with Gasteiger partial charge in [0.2, 0.25) is 0 Å². The molecule has 2 rings (SSSR count). The van der Waals surface area contributed by atoms with Crippen LogP contribution < -0.4 is 10.1 Å². The van der Waals surface area contributed by atoms with Crippen molar-refractivity contribution in [2.75, 3.05) is 19.8 Å². The lowest BCUT2D eigenvalue weighted by Gasteiger charge is -2.32. The van der Waals surface area contributed by atoms with Crippen LogP contribution in [0.4, 0.5) is 8.78 Å². The zero-order valence-electron chi connectivity index (χ0n) is 11.6. The van der Waals surface area contributed by atoms with E-state index >= 15 is 0 Å². The summed E-state index contributed by atoms with van der Waals surface area (Å²) in [5.74, 6) is 0.533. The van der Waals surface area contributed by atoms with Crippen LogP contribution in [0.25, 0.3) is 0 Å². The summed E-state index contributed by atoms with van der Waals surface area (Å²) >= 11 is 0. The number of hydrogen-bond donors (Lipinski definition) is 1. The lowest BCUT2D eigenvalue weighted by Crippen LogP contribution is -2.33. The van der Waals surface area contributed by atoms with Crippen LogP contribution >= 0.6 is 0 Å². The van der Waals surface area contributed by atoms with Gasteiger partial charge >= 0.3 is 6.61 Å². The summed E-state index contributed by atoms with van der Waals surface area (Å²) in [4.78, 5) is 0. The van der Waals surface area contributed by atoms with Gasteiger partial charge in [0.15, 0.2) is 0 Å². The molecule has 0 aliphatic carbocycles. The Labute approximate surface area is 118 Å². The normalized spacial score (nSPS) is 20.9. The molecule has 1 N–H and O–H groups in total. The zero-order valence-corrected chi connectivity index (χ0v) is 11.6. The van der Waals surface area contributed by atoms with Crippen LogP contribution in [0, 0.1) is 5.92 Å². The summed E-state index contributed by atoms with van der Waals surface area (Å²) in [6, 6.07) is 6.98. The molecule has 0 amide bonds. The number of ether oxygens (including phenoxy) is 2. The molecule has 20 heavy (non-hydrogen) atoms. The SMILES string of the molecule is CCNC(c1ccccc1OC(F)F)C1CCCOC1. The third kappa shape index (κ3) is 3.90. The van der Waals surface area contributed by atoms with E-state index in [9.17, 15) is 8.78 Å². The molecular formula is C15H21F2NO2. The van der Waals surface area contributed by atoms with Gasteiger partial charge in [-0.15, -0.1) is 0 Å². The minimum Gasteiger partial charge on any atom is -0.434 e. The van der Waals surface area contributed by atoms with Gasteiger partial charge < -0.3 is 14.8 Å². The van der Waals surface area contributed by atoms with E-state index in [0.29, 0.717) is 6.61 Å². The highest BCUT2D eigenvalue weighted by molar-refractivity contribution is 5.36. The van der Waals surface area contributed by atoms with Crippen molar-refractivity contribution < 1.29 is 18.3 Å². The average molecular weight is 285 g/mol. The minimum atomic E-state index is -2.80. The van der Waals surface area contributed by atoms with E-state index in [4.69, 9.17) is 4.74 Å². The molecule has 0 aromatic heterocycles. The maximum Gasteiger partial charge on any atom is 0.387 e. The van der Waals surface area contributed by atoms with Gasteiger partial charge in [0.25, 0.3) is 0 Å². The quantitative estimate of drug-likeness (QED) is 0.869. The molecule has 112 valence electrons. The summed E-state index contributed by atoms with van der Waals surface area (Å²) < 4.78 is 35.2. The fourth-order valence-corrected chi connectivity index (χ4v) is 2.72. The summed E-state index contributed by atoms with van der Waals surface area (Å²) in [6.07, 6.45) is 2.03. The van der Waals surface area contributed by atoms with E-state index in [1.165, 1.54) is 0 Å². The monoisotopic (exact) mass is 285 g/mol. The van der Waals surface area contributed by atoms with Crippen molar-refractivity contribution in [3.05, 3.63) is 29.8 Å². The van der Waals surface area contributed by atoms with E-state index < -0.39 is 6.61 Å². The summed E-state index contributed by atoms with van der Waals surface area (Å²) in [5, 5.41) is 3.38. The first kappa shape index (κ1) is 15.2. The van der Waals surface area contributed by atoms with Gasteiger partial charge in [-0.2, -0.15) is 8.78 Å².